The average molecular weight is 635 g/mol. The minimum atomic E-state index is -4.22. The van der Waals surface area contributed by atoms with Gasteiger partial charge in [-0.1, -0.05) is 73.8 Å². The number of carbonyl (C=O) groups excluding carboxylic acids is 2. The highest BCUT2D eigenvalue weighted by atomic mass is 35.5. The lowest BCUT2D eigenvalue weighted by atomic mass is 10.1. The fraction of sp³-hybridized carbons (Fsp3) is 0.355. The molecule has 3 rings (SSSR count). The van der Waals surface area contributed by atoms with Crippen LogP contribution in [-0.4, -0.2) is 51.4 Å². The minimum absolute atomic E-state index is 0.0135. The largest absolute Gasteiger partial charge is 0.495 e. The number of carbonyl (C=O) groups is 2. The van der Waals surface area contributed by atoms with Gasteiger partial charge in [-0.15, -0.1) is 0 Å². The normalized spacial score (nSPS) is 12.0. The van der Waals surface area contributed by atoms with E-state index in [0.717, 1.165) is 22.7 Å². The Hall–Kier alpha value is -3.27. The molecule has 0 aromatic heterocycles. The van der Waals surface area contributed by atoms with E-state index in [-0.39, 0.29) is 28.8 Å². The predicted molar refractivity (Wildman–Crippen MR) is 168 cm³/mol. The van der Waals surface area contributed by atoms with Gasteiger partial charge >= 0.3 is 0 Å². The van der Waals surface area contributed by atoms with Gasteiger partial charge in [0.1, 0.15) is 18.3 Å². The van der Waals surface area contributed by atoms with Crippen LogP contribution in [0.15, 0.2) is 71.6 Å². The zero-order valence-electron chi connectivity index (χ0n) is 24.3. The summed E-state index contributed by atoms with van der Waals surface area (Å²) in [7, 11) is -2.78. The number of hydrogen-bond donors (Lipinski definition) is 1. The third kappa shape index (κ3) is 8.18. The summed E-state index contributed by atoms with van der Waals surface area (Å²) in [6, 6.07) is 17.1. The van der Waals surface area contributed by atoms with Crippen molar-refractivity contribution in [1.82, 2.24) is 10.2 Å². The van der Waals surface area contributed by atoms with Gasteiger partial charge in [0.2, 0.25) is 11.8 Å². The number of methoxy groups -OCH3 is 1. The summed E-state index contributed by atoms with van der Waals surface area (Å²) in [5, 5.41) is 3.57. The number of amides is 2. The van der Waals surface area contributed by atoms with E-state index in [1.807, 2.05) is 13.8 Å². The highest BCUT2D eigenvalue weighted by molar-refractivity contribution is 7.92. The number of rotatable bonds is 14. The van der Waals surface area contributed by atoms with Crippen LogP contribution >= 0.6 is 23.2 Å². The fourth-order valence-corrected chi connectivity index (χ4v) is 6.25. The van der Waals surface area contributed by atoms with Gasteiger partial charge in [0.05, 0.1) is 27.7 Å². The van der Waals surface area contributed by atoms with Crippen molar-refractivity contribution in [2.45, 2.75) is 57.5 Å². The van der Waals surface area contributed by atoms with E-state index in [1.165, 1.54) is 24.1 Å². The topological polar surface area (TPSA) is 96.0 Å². The van der Waals surface area contributed by atoms with Crippen LogP contribution in [0.1, 0.15) is 44.2 Å². The summed E-state index contributed by atoms with van der Waals surface area (Å²) < 4.78 is 34.6. The maximum Gasteiger partial charge on any atom is 0.264 e. The Morgan fingerprint density at radius 3 is 2.31 bits per heavy atom. The summed E-state index contributed by atoms with van der Waals surface area (Å²) in [6.45, 7) is 5.56. The van der Waals surface area contributed by atoms with Crippen molar-refractivity contribution in [3.8, 4) is 5.75 Å². The van der Waals surface area contributed by atoms with Crippen molar-refractivity contribution in [3.05, 3.63) is 87.9 Å². The molecule has 1 N–H and O–H groups in total. The van der Waals surface area contributed by atoms with Gasteiger partial charge < -0.3 is 15.0 Å². The molecule has 226 valence electrons. The van der Waals surface area contributed by atoms with E-state index in [1.54, 1.807) is 61.5 Å². The number of nitrogens with zero attached hydrogens (tertiary/aromatic N) is 2. The molecule has 0 aliphatic carbocycles. The van der Waals surface area contributed by atoms with E-state index >= 15 is 0 Å². The first-order valence-corrected chi connectivity index (χ1v) is 16.0. The number of halogens is 2. The molecule has 0 aliphatic heterocycles. The highest BCUT2D eigenvalue weighted by Crippen LogP contribution is 2.34. The van der Waals surface area contributed by atoms with Gasteiger partial charge in [-0.2, -0.15) is 0 Å². The smallest absolute Gasteiger partial charge is 0.264 e. The third-order valence-corrected chi connectivity index (χ3v) is 9.28. The molecule has 0 bridgehead atoms. The summed E-state index contributed by atoms with van der Waals surface area (Å²) in [5.41, 5.74) is 1.63. The van der Waals surface area contributed by atoms with Gasteiger partial charge in [0.25, 0.3) is 10.0 Å². The molecule has 0 unspecified atom stereocenters. The second kappa shape index (κ2) is 15.3. The minimum Gasteiger partial charge on any atom is -0.495 e. The lowest BCUT2D eigenvalue weighted by molar-refractivity contribution is -0.140. The van der Waals surface area contributed by atoms with Gasteiger partial charge in [0.15, 0.2) is 0 Å². The third-order valence-electron chi connectivity index (χ3n) is 6.77. The van der Waals surface area contributed by atoms with Crippen LogP contribution in [0.2, 0.25) is 10.0 Å². The fourth-order valence-electron chi connectivity index (χ4n) is 4.49. The maximum atomic E-state index is 14.2. The van der Waals surface area contributed by atoms with Crippen LogP contribution in [0.4, 0.5) is 5.69 Å². The van der Waals surface area contributed by atoms with Gasteiger partial charge in [-0.25, -0.2) is 8.42 Å². The summed E-state index contributed by atoms with van der Waals surface area (Å²) in [4.78, 5) is 29.0. The average Bonchev–Trinajstić information content (AvgIpc) is 2.98. The molecule has 2 amide bonds. The number of anilines is 1. The Kier molecular flexibility index (Phi) is 12.1. The summed E-state index contributed by atoms with van der Waals surface area (Å²) >= 11 is 12.4. The number of aryl methyl sites for hydroxylation is 1. The lowest BCUT2D eigenvalue weighted by Gasteiger charge is -2.33. The molecule has 3 aromatic carbocycles. The summed E-state index contributed by atoms with van der Waals surface area (Å²) in [6.07, 6.45) is 2.00. The number of hydrogen-bond acceptors (Lipinski definition) is 5. The van der Waals surface area contributed by atoms with Crippen molar-refractivity contribution in [2.24, 2.45) is 0 Å². The number of nitrogens with one attached hydrogen (secondary N) is 1. The second-order valence-electron chi connectivity index (χ2n) is 9.84. The molecule has 0 heterocycles. The standard InChI is InChI=1S/C31H37Cl2N3O5S/c1-5-7-17-34-31(38)27(6-2)35(20-23-14-15-25(32)26(33)19-23)30(37)21-36(28-18-22(3)13-16-29(28)41-4)42(39,40)24-11-9-8-10-12-24/h8-16,18-19,27H,5-7,17,20-21H2,1-4H3,(H,34,38)/t27-/m1/s1. The SMILES string of the molecule is CCCCNC(=O)[C@@H](CC)N(Cc1ccc(Cl)c(Cl)c1)C(=O)CN(c1cc(C)ccc1OC)S(=O)(=O)c1ccccc1. The molecule has 8 nitrogen and oxygen atoms in total. The Balaban J connectivity index is 2.10. The number of unbranched alkanes of at least 4 members (excludes halogenated alkanes) is 1. The molecular formula is C31H37Cl2N3O5S. The molecule has 0 aliphatic rings. The Morgan fingerprint density at radius 1 is 0.976 bits per heavy atom. The van der Waals surface area contributed by atoms with Crippen LogP contribution in [0.3, 0.4) is 0 Å². The molecule has 0 spiro atoms. The number of ether oxygens (including phenoxy) is 1. The predicted octanol–water partition coefficient (Wildman–Crippen LogP) is 6.23. The first kappa shape index (κ1) is 33.2. The Morgan fingerprint density at radius 2 is 1.69 bits per heavy atom. The summed E-state index contributed by atoms with van der Waals surface area (Å²) in [5.74, 6) is -0.597. The molecule has 1 atom stereocenters. The van der Waals surface area contributed by atoms with E-state index in [2.05, 4.69) is 5.32 Å². The van der Waals surface area contributed by atoms with Crippen molar-refractivity contribution < 1.29 is 22.7 Å². The van der Waals surface area contributed by atoms with E-state index < -0.39 is 28.5 Å². The van der Waals surface area contributed by atoms with Crippen molar-refractivity contribution in [1.29, 1.82) is 0 Å². The zero-order valence-corrected chi connectivity index (χ0v) is 26.6. The first-order chi connectivity index (χ1) is 20.0. The number of benzene rings is 3. The quantitative estimate of drug-likeness (QED) is 0.212. The molecule has 11 heteroatoms. The molecule has 0 saturated carbocycles. The van der Waals surface area contributed by atoms with E-state index in [0.29, 0.717) is 28.6 Å². The van der Waals surface area contributed by atoms with Crippen LogP contribution in [0.25, 0.3) is 0 Å². The molecule has 0 fully saturated rings. The second-order valence-corrected chi connectivity index (χ2v) is 12.5. The molecule has 0 radical (unpaired) electrons. The van der Waals surface area contributed by atoms with Crippen LogP contribution in [-0.2, 0) is 26.2 Å². The van der Waals surface area contributed by atoms with Gasteiger partial charge in [-0.3, -0.25) is 13.9 Å². The highest BCUT2D eigenvalue weighted by Gasteiger charge is 2.34. The van der Waals surface area contributed by atoms with Crippen molar-refractivity contribution in [2.75, 3.05) is 24.5 Å². The van der Waals surface area contributed by atoms with E-state index in [9.17, 15) is 18.0 Å². The monoisotopic (exact) mass is 633 g/mol. The van der Waals surface area contributed by atoms with Crippen molar-refractivity contribution in [3.63, 3.8) is 0 Å². The van der Waals surface area contributed by atoms with Crippen LogP contribution < -0.4 is 14.4 Å². The Bertz CT molecular complexity index is 1490. The van der Waals surface area contributed by atoms with Crippen LogP contribution in [0.5, 0.6) is 5.75 Å². The Labute approximate surface area is 258 Å². The van der Waals surface area contributed by atoms with Gasteiger partial charge in [0, 0.05) is 13.1 Å². The van der Waals surface area contributed by atoms with Gasteiger partial charge in [-0.05, 0) is 67.3 Å². The van der Waals surface area contributed by atoms with Crippen molar-refractivity contribution >= 4 is 50.7 Å². The molecular weight excluding hydrogens is 597 g/mol. The lowest BCUT2D eigenvalue weighted by Crippen LogP contribution is -2.52. The molecule has 3 aromatic rings. The zero-order chi connectivity index (χ0) is 30.9. The molecule has 42 heavy (non-hydrogen) atoms. The maximum absolute atomic E-state index is 14.2. The molecule has 0 saturated heterocycles. The number of sulfonamides is 1. The van der Waals surface area contributed by atoms with E-state index in [4.69, 9.17) is 27.9 Å². The van der Waals surface area contributed by atoms with Crippen LogP contribution in [0, 0.1) is 6.92 Å². The first-order valence-electron chi connectivity index (χ1n) is 13.8.